The first-order valence-electron chi connectivity index (χ1n) is 6.58. The third-order valence-corrected chi connectivity index (χ3v) is 4.06. The van der Waals surface area contributed by atoms with Gasteiger partial charge in [0.25, 0.3) is 0 Å². The number of rotatable bonds is 7. The Balaban J connectivity index is 2.10. The summed E-state index contributed by atoms with van der Waals surface area (Å²) in [7, 11) is 1.70. The minimum atomic E-state index is 0.310. The van der Waals surface area contributed by atoms with Crippen LogP contribution in [0.5, 0.6) is 5.75 Å². The van der Waals surface area contributed by atoms with E-state index in [4.69, 9.17) is 4.74 Å². The third kappa shape index (κ3) is 3.78. The normalized spacial score (nSPS) is 12.3. The van der Waals surface area contributed by atoms with Crippen molar-refractivity contribution < 1.29 is 4.74 Å². The molecule has 1 N–H and O–H groups in total. The van der Waals surface area contributed by atoms with Gasteiger partial charge >= 0.3 is 0 Å². The van der Waals surface area contributed by atoms with Crippen LogP contribution in [-0.4, -0.2) is 18.6 Å². The minimum absolute atomic E-state index is 0.310. The van der Waals surface area contributed by atoms with E-state index in [1.807, 2.05) is 23.6 Å². The zero-order valence-electron chi connectivity index (χ0n) is 11.4. The van der Waals surface area contributed by atoms with Crippen molar-refractivity contribution in [2.75, 3.05) is 13.7 Å². The average Bonchev–Trinajstić information content (AvgIpc) is 2.96. The number of nitrogens with zero attached hydrogens (tertiary/aromatic N) is 1. The monoisotopic (exact) mass is 276 g/mol. The molecule has 2 aromatic heterocycles. The van der Waals surface area contributed by atoms with E-state index < -0.39 is 0 Å². The van der Waals surface area contributed by atoms with Crippen molar-refractivity contribution in [3.8, 4) is 5.75 Å². The second-order valence-corrected chi connectivity index (χ2v) is 5.38. The molecule has 3 nitrogen and oxygen atoms in total. The number of hydrogen-bond acceptors (Lipinski definition) is 4. The van der Waals surface area contributed by atoms with E-state index in [1.165, 1.54) is 10.4 Å². The summed E-state index contributed by atoms with van der Waals surface area (Å²) in [6.45, 7) is 3.08. The number of nitrogens with one attached hydrogen (secondary N) is 1. The summed E-state index contributed by atoms with van der Waals surface area (Å²) in [5.74, 6) is 0.861. The molecular weight excluding hydrogens is 256 g/mol. The molecule has 1 unspecified atom stereocenters. The fourth-order valence-electron chi connectivity index (χ4n) is 2.20. The second kappa shape index (κ2) is 7.26. The fraction of sp³-hybridized carbons (Fsp3) is 0.400. The molecule has 1 atom stereocenters. The van der Waals surface area contributed by atoms with E-state index in [2.05, 4.69) is 34.7 Å². The molecule has 0 aromatic carbocycles. The first kappa shape index (κ1) is 14.0. The van der Waals surface area contributed by atoms with Gasteiger partial charge in [-0.1, -0.05) is 13.0 Å². The van der Waals surface area contributed by atoms with Crippen molar-refractivity contribution in [2.24, 2.45) is 0 Å². The molecule has 102 valence electrons. The first-order valence-corrected chi connectivity index (χ1v) is 7.46. The van der Waals surface area contributed by atoms with E-state index in [-0.39, 0.29) is 0 Å². The molecule has 0 saturated heterocycles. The summed E-state index contributed by atoms with van der Waals surface area (Å²) in [5, 5.41) is 5.66. The Kier molecular flexibility index (Phi) is 5.36. The Bertz CT molecular complexity index is 485. The highest BCUT2D eigenvalue weighted by molar-refractivity contribution is 7.09. The maximum absolute atomic E-state index is 5.41. The van der Waals surface area contributed by atoms with Gasteiger partial charge in [-0.25, -0.2) is 0 Å². The van der Waals surface area contributed by atoms with E-state index in [1.54, 1.807) is 13.3 Å². The van der Waals surface area contributed by atoms with Gasteiger partial charge in [0, 0.05) is 22.7 Å². The molecule has 0 radical (unpaired) electrons. The zero-order valence-corrected chi connectivity index (χ0v) is 12.2. The molecule has 0 bridgehead atoms. The summed E-state index contributed by atoms with van der Waals surface area (Å²) in [6, 6.07) is 6.65. The molecule has 0 aliphatic heterocycles. The number of thiophene rings is 1. The van der Waals surface area contributed by atoms with Gasteiger partial charge in [0.2, 0.25) is 0 Å². The van der Waals surface area contributed by atoms with Crippen LogP contribution >= 0.6 is 11.3 Å². The Labute approximate surface area is 118 Å². The number of pyridine rings is 1. The van der Waals surface area contributed by atoms with E-state index in [0.29, 0.717) is 6.04 Å². The largest absolute Gasteiger partial charge is 0.495 e. The highest BCUT2D eigenvalue weighted by Crippen LogP contribution is 2.27. The minimum Gasteiger partial charge on any atom is -0.495 e. The van der Waals surface area contributed by atoms with Crippen molar-refractivity contribution >= 4 is 11.3 Å². The number of methoxy groups -OCH3 is 1. The van der Waals surface area contributed by atoms with Gasteiger partial charge in [-0.2, -0.15) is 0 Å². The van der Waals surface area contributed by atoms with Crippen LogP contribution in [0, 0.1) is 0 Å². The van der Waals surface area contributed by atoms with Crippen LogP contribution in [0.15, 0.2) is 36.0 Å². The summed E-state index contributed by atoms with van der Waals surface area (Å²) >= 11 is 1.82. The summed E-state index contributed by atoms with van der Waals surface area (Å²) in [5.41, 5.74) is 1.19. The van der Waals surface area contributed by atoms with Crippen LogP contribution in [0.1, 0.15) is 29.8 Å². The molecule has 0 saturated carbocycles. The molecule has 2 aromatic rings. The molecule has 0 spiro atoms. The molecule has 4 heteroatoms. The number of hydrogen-bond donors (Lipinski definition) is 1. The highest BCUT2D eigenvalue weighted by atomic mass is 32.1. The lowest BCUT2D eigenvalue weighted by Crippen LogP contribution is -2.22. The smallest absolute Gasteiger partial charge is 0.141 e. The predicted molar refractivity (Wildman–Crippen MR) is 79.8 cm³/mol. The lowest BCUT2D eigenvalue weighted by atomic mass is 10.0. The number of ether oxygens (including phenoxy) is 1. The van der Waals surface area contributed by atoms with Crippen molar-refractivity contribution in [3.05, 3.63) is 46.4 Å². The molecule has 0 aliphatic rings. The van der Waals surface area contributed by atoms with Crippen LogP contribution in [0.3, 0.4) is 0 Å². The van der Waals surface area contributed by atoms with Crippen molar-refractivity contribution in [1.82, 2.24) is 10.3 Å². The Hall–Kier alpha value is -1.39. The zero-order chi connectivity index (χ0) is 13.5. The Morgan fingerprint density at radius 3 is 3.00 bits per heavy atom. The van der Waals surface area contributed by atoms with Gasteiger partial charge < -0.3 is 10.1 Å². The third-order valence-electron chi connectivity index (χ3n) is 3.12. The van der Waals surface area contributed by atoms with E-state index in [0.717, 1.165) is 25.1 Å². The topological polar surface area (TPSA) is 34.2 Å². The standard InChI is InChI=1S/C15H20N2OS/c1-3-17-14(7-6-12-5-4-10-19-12)13-8-9-16-11-15(13)18-2/h4-5,8-11,14,17H,3,6-7H2,1-2H3. The van der Waals surface area contributed by atoms with Gasteiger partial charge in [0.05, 0.1) is 13.3 Å². The lowest BCUT2D eigenvalue weighted by molar-refractivity contribution is 0.394. The predicted octanol–water partition coefficient (Wildman–Crippen LogP) is 3.44. The van der Waals surface area contributed by atoms with Crippen molar-refractivity contribution in [1.29, 1.82) is 0 Å². The van der Waals surface area contributed by atoms with Crippen molar-refractivity contribution in [2.45, 2.75) is 25.8 Å². The van der Waals surface area contributed by atoms with Crippen LogP contribution in [0.4, 0.5) is 0 Å². The molecule has 0 aliphatic carbocycles. The molecule has 2 rings (SSSR count). The van der Waals surface area contributed by atoms with Crippen LogP contribution in [-0.2, 0) is 6.42 Å². The van der Waals surface area contributed by atoms with Crippen LogP contribution < -0.4 is 10.1 Å². The molecule has 0 amide bonds. The van der Waals surface area contributed by atoms with Gasteiger partial charge in [-0.15, -0.1) is 11.3 Å². The molecule has 0 fully saturated rings. The van der Waals surface area contributed by atoms with Gasteiger partial charge in [0.1, 0.15) is 5.75 Å². The maximum atomic E-state index is 5.41. The van der Waals surface area contributed by atoms with Crippen LogP contribution in [0.2, 0.25) is 0 Å². The number of aryl methyl sites for hydroxylation is 1. The Morgan fingerprint density at radius 1 is 1.42 bits per heavy atom. The first-order chi connectivity index (χ1) is 9.35. The van der Waals surface area contributed by atoms with Gasteiger partial charge in [-0.05, 0) is 36.9 Å². The Morgan fingerprint density at radius 2 is 2.32 bits per heavy atom. The summed E-state index contributed by atoms with van der Waals surface area (Å²) in [4.78, 5) is 5.54. The van der Waals surface area contributed by atoms with E-state index >= 15 is 0 Å². The average molecular weight is 276 g/mol. The SMILES string of the molecule is CCNC(CCc1cccs1)c1ccncc1OC. The lowest BCUT2D eigenvalue weighted by Gasteiger charge is -2.20. The van der Waals surface area contributed by atoms with E-state index in [9.17, 15) is 0 Å². The van der Waals surface area contributed by atoms with Gasteiger partial charge in [-0.3, -0.25) is 4.98 Å². The quantitative estimate of drug-likeness (QED) is 0.841. The number of aromatic nitrogens is 1. The molecule has 2 heterocycles. The highest BCUT2D eigenvalue weighted by Gasteiger charge is 2.15. The van der Waals surface area contributed by atoms with Crippen molar-refractivity contribution in [3.63, 3.8) is 0 Å². The summed E-state index contributed by atoms with van der Waals surface area (Å²) in [6.07, 6.45) is 5.76. The summed E-state index contributed by atoms with van der Waals surface area (Å²) < 4.78 is 5.41. The maximum Gasteiger partial charge on any atom is 0.141 e. The van der Waals surface area contributed by atoms with Gasteiger partial charge in [0.15, 0.2) is 0 Å². The van der Waals surface area contributed by atoms with Crippen LogP contribution in [0.25, 0.3) is 0 Å². The second-order valence-electron chi connectivity index (χ2n) is 4.35. The molecule has 19 heavy (non-hydrogen) atoms. The molecular formula is C15H20N2OS. The fourth-order valence-corrected chi connectivity index (χ4v) is 2.93.